The van der Waals surface area contributed by atoms with Gasteiger partial charge in [-0.3, -0.25) is 0 Å². The SMILES string of the molecule is c1ccc(CCC2CCCCN2c2nnc(C3CC3)s2)cc1. The summed E-state index contributed by atoms with van der Waals surface area (Å²) in [4.78, 5) is 2.54. The molecule has 1 saturated heterocycles. The van der Waals surface area contributed by atoms with Crippen LogP contribution >= 0.6 is 11.3 Å². The van der Waals surface area contributed by atoms with Crippen LogP contribution in [-0.2, 0) is 6.42 Å². The Morgan fingerprint density at radius 2 is 1.91 bits per heavy atom. The standard InChI is InChI=1S/C18H23N3S/c1-2-6-14(7-3-1)9-12-16-8-4-5-13-21(16)18-20-19-17(22-18)15-10-11-15/h1-3,6-7,15-16H,4-5,8-13H2. The Morgan fingerprint density at radius 3 is 2.73 bits per heavy atom. The van der Waals surface area contributed by atoms with Crippen molar-refractivity contribution in [2.75, 3.05) is 11.4 Å². The second kappa shape index (κ2) is 6.37. The minimum absolute atomic E-state index is 0.633. The van der Waals surface area contributed by atoms with Crippen molar-refractivity contribution < 1.29 is 0 Å². The maximum absolute atomic E-state index is 4.50. The molecular weight excluding hydrogens is 290 g/mol. The maximum Gasteiger partial charge on any atom is 0.208 e. The third kappa shape index (κ3) is 3.17. The van der Waals surface area contributed by atoms with Gasteiger partial charge in [0.05, 0.1) is 0 Å². The molecule has 1 unspecified atom stereocenters. The molecule has 2 fully saturated rings. The first kappa shape index (κ1) is 14.2. The van der Waals surface area contributed by atoms with Crippen molar-refractivity contribution in [3.05, 3.63) is 40.9 Å². The lowest BCUT2D eigenvalue weighted by molar-refractivity contribution is 0.437. The molecule has 0 spiro atoms. The van der Waals surface area contributed by atoms with Crippen LogP contribution in [0.1, 0.15) is 55.0 Å². The van der Waals surface area contributed by atoms with Crippen LogP contribution < -0.4 is 4.90 Å². The maximum atomic E-state index is 4.50. The average molecular weight is 313 g/mol. The number of benzene rings is 1. The van der Waals surface area contributed by atoms with Gasteiger partial charge in [0.2, 0.25) is 5.13 Å². The molecule has 2 heterocycles. The highest BCUT2D eigenvalue weighted by Crippen LogP contribution is 2.43. The highest BCUT2D eigenvalue weighted by Gasteiger charge is 2.30. The van der Waals surface area contributed by atoms with Gasteiger partial charge in [0, 0.05) is 18.5 Å². The van der Waals surface area contributed by atoms with Gasteiger partial charge in [0.25, 0.3) is 0 Å². The molecule has 2 aliphatic rings. The smallest absolute Gasteiger partial charge is 0.208 e. The molecule has 0 N–H and O–H groups in total. The lowest BCUT2D eigenvalue weighted by Crippen LogP contribution is -2.39. The normalized spacial score (nSPS) is 22.0. The minimum Gasteiger partial charge on any atom is -0.344 e. The highest BCUT2D eigenvalue weighted by atomic mass is 32.1. The number of aromatic nitrogens is 2. The molecule has 4 rings (SSSR count). The van der Waals surface area contributed by atoms with Gasteiger partial charge in [-0.25, -0.2) is 0 Å². The molecule has 1 aromatic heterocycles. The van der Waals surface area contributed by atoms with E-state index in [1.807, 2.05) is 11.3 Å². The number of piperidine rings is 1. The molecule has 22 heavy (non-hydrogen) atoms. The molecule has 4 heteroatoms. The molecule has 2 aromatic rings. The van der Waals surface area contributed by atoms with Gasteiger partial charge in [-0.05, 0) is 50.5 Å². The largest absolute Gasteiger partial charge is 0.344 e. The fraction of sp³-hybridized carbons (Fsp3) is 0.556. The molecule has 1 aliphatic heterocycles. The predicted molar refractivity (Wildman–Crippen MR) is 91.6 cm³/mol. The van der Waals surface area contributed by atoms with Crippen molar-refractivity contribution in [3.8, 4) is 0 Å². The van der Waals surface area contributed by atoms with Gasteiger partial charge < -0.3 is 4.90 Å². The third-order valence-corrected chi connectivity index (χ3v) is 5.96. The van der Waals surface area contributed by atoms with Gasteiger partial charge in [0.1, 0.15) is 5.01 Å². The summed E-state index contributed by atoms with van der Waals surface area (Å²) in [5.41, 5.74) is 1.45. The summed E-state index contributed by atoms with van der Waals surface area (Å²) in [6.45, 7) is 1.15. The van der Waals surface area contributed by atoms with Crippen LogP contribution in [0.4, 0.5) is 5.13 Å². The minimum atomic E-state index is 0.633. The lowest BCUT2D eigenvalue weighted by atomic mass is 9.96. The second-order valence-corrected chi connectivity index (χ2v) is 7.55. The van der Waals surface area contributed by atoms with E-state index >= 15 is 0 Å². The quantitative estimate of drug-likeness (QED) is 0.819. The summed E-state index contributed by atoms with van der Waals surface area (Å²) in [5, 5.41) is 11.4. The van der Waals surface area contributed by atoms with Crippen molar-refractivity contribution >= 4 is 16.5 Å². The molecule has 1 aromatic carbocycles. The van der Waals surface area contributed by atoms with Crippen molar-refractivity contribution in [3.63, 3.8) is 0 Å². The number of hydrogen-bond acceptors (Lipinski definition) is 4. The predicted octanol–water partition coefficient (Wildman–Crippen LogP) is 4.41. The fourth-order valence-corrected chi connectivity index (χ4v) is 4.48. The average Bonchev–Trinajstić information content (AvgIpc) is 3.32. The highest BCUT2D eigenvalue weighted by molar-refractivity contribution is 7.15. The lowest BCUT2D eigenvalue weighted by Gasteiger charge is -2.35. The number of aryl methyl sites for hydroxylation is 1. The van der Waals surface area contributed by atoms with Gasteiger partial charge in [-0.15, -0.1) is 10.2 Å². The summed E-state index contributed by atoms with van der Waals surface area (Å²) in [6, 6.07) is 11.5. The van der Waals surface area contributed by atoms with Crippen LogP contribution in [0.2, 0.25) is 0 Å². The molecular formula is C18H23N3S. The van der Waals surface area contributed by atoms with E-state index in [4.69, 9.17) is 0 Å². The number of rotatable bonds is 5. The molecule has 1 atom stereocenters. The van der Waals surface area contributed by atoms with Crippen LogP contribution in [0.5, 0.6) is 0 Å². The molecule has 1 aliphatic carbocycles. The van der Waals surface area contributed by atoms with Gasteiger partial charge in [0.15, 0.2) is 0 Å². The van der Waals surface area contributed by atoms with Crippen LogP contribution in [-0.4, -0.2) is 22.8 Å². The van der Waals surface area contributed by atoms with E-state index in [2.05, 4.69) is 45.4 Å². The Bertz CT molecular complexity index is 606. The van der Waals surface area contributed by atoms with Crippen molar-refractivity contribution in [2.24, 2.45) is 0 Å². The molecule has 0 bridgehead atoms. The Morgan fingerprint density at radius 1 is 1.05 bits per heavy atom. The Hall–Kier alpha value is -1.42. The first-order valence-corrected chi connectivity index (χ1v) is 9.36. The van der Waals surface area contributed by atoms with E-state index in [0.717, 1.165) is 18.9 Å². The summed E-state index contributed by atoms with van der Waals surface area (Å²) in [7, 11) is 0. The first-order chi connectivity index (χ1) is 10.9. The third-order valence-electron chi connectivity index (χ3n) is 4.84. The number of nitrogens with zero attached hydrogens (tertiary/aromatic N) is 3. The van der Waals surface area contributed by atoms with E-state index in [-0.39, 0.29) is 0 Å². The summed E-state index contributed by atoms with van der Waals surface area (Å²) >= 11 is 1.84. The molecule has 0 amide bonds. The molecule has 0 radical (unpaired) electrons. The van der Waals surface area contributed by atoms with E-state index in [0.29, 0.717) is 6.04 Å². The van der Waals surface area contributed by atoms with E-state index < -0.39 is 0 Å². The van der Waals surface area contributed by atoms with E-state index in [1.54, 1.807) is 0 Å². The second-order valence-electron chi connectivity index (χ2n) is 6.56. The Balaban J connectivity index is 1.44. The van der Waals surface area contributed by atoms with Crippen LogP contribution in [0, 0.1) is 0 Å². The number of hydrogen-bond donors (Lipinski definition) is 0. The van der Waals surface area contributed by atoms with Crippen LogP contribution in [0.25, 0.3) is 0 Å². The molecule has 116 valence electrons. The topological polar surface area (TPSA) is 29.0 Å². The number of anilines is 1. The van der Waals surface area contributed by atoms with Gasteiger partial charge >= 0.3 is 0 Å². The zero-order valence-electron chi connectivity index (χ0n) is 12.9. The van der Waals surface area contributed by atoms with Crippen LogP contribution in [0.3, 0.4) is 0 Å². The molecule has 1 saturated carbocycles. The van der Waals surface area contributed by atoms with E-state index in [9.17, 15) is 0 Å². The van der Waals surface area contributed by atoms with Gasteiger partial charge in [-0.2, -0.15) is 0 Å². The van der Waals surface area contributed by atoms with Gasteiger partial charge in [-0.1, -0.05) is 41.7 Å². The summed E-state index contributed by atoms with van der Waals surface area (Å²) < 4.78 is 0. The Labute approximate surface area is 136 Å². The fourth-order valence-electron chi connectivity index (χ4n) is 3.37. The zero-order chi connectivity index (χ0) is 14.8. The summed E-state index contributed by atoms with van der Waals surface area (Å²) in [6.07, 6.45) is 8.95. The van der Waals surface area contributed by atoms with Crippen molar-refractivity contribution in [1.29, 1.82) is 0 Å². The van der Waals surface area contributed by atoms with E-state index in [1.165, 1.54) is 54.2 Å². The first-order valence-electron chi connectivity index (χ1n) is 8.54. The molecule has 3 nitrogen and oxygen atoms in total. The summed E-state index contributed by atoms with van der Waals surface area (Å²) in [5.74, 6) is 0.721. The van der Waals surface area contributed by atoms with Crippen molar-refractivity contribution in [2.45, 2.75) is 56.9 Å². The van der Waals surface area contributed by atoms with Crippen molar-refractivity contribution in [1.82, 2.24) is 10.2 Å². The zero-order valence-corrected chi connectivity index (χ0v) is 13.8. The Kier molecular flexibility index (Phi) is 4.11. The van der Waals surface area contributed by atoms with Crippen LogP contribution in [0.15, 0.2) is 30.3 Å². The monoisotopic (exact) mass is 313 g/mol.